The van der Waals surface area contributed by atoms with Gasteiger partial charge in [-0.05, 0) is 81.3 Å². The molecule has 1 saturated heterocycles. The number of nitrogens with zero attached hydrogens (tertiary/aromatic N) is 1. The van der Waals surface area contributed by atoms with E-state index in [1.54, 1.807) is 6.07 Å². The molecule has 24 heavy (non-hydrogen) atoms. The highest BCUT2D eigenvalue weighted by molar-refractivity contribution is 7.89. The van der Waals surface area contributed by atoms with Gasteiger partial charge < -0.3 is 4.90 Å². The average Bonchev–Trinajstić information content (AvgIpc) is 3.26. The van der Waals surface area contributed by atoms with Gasteiger partial charge in [0.25, 0.3) is 0 Å². The van der Waals surface area contributed by atoms with Crippen LogP contribution < -0.4 is 4.72 Å². The van der Waals surface area contributed by atoms with Gasteiger partial charge in [-0.25, -0.2) is 13.1 Å². The molecule has 0 amide bonds. The lowest BCUT2D eigenvalue weighted by molar-refractivity contribution is 0.151. The van der Waals surface area contributed by atoms with Crippen molar-refractivity contribution in [2.24, 2.45) is 0 Å². The van der Waals surface area contributed by atoms with Gasteiger partial charge in [0.2, 0.25) is 10.0 Å². The number of fused-ring (bicyclic) bond motifs is 1. The van der Waals surface area contributed by atoms with Crippen LogP contribution in [0.2, 0.25) is 0 Å². The molecule has 1 heterocycles. The summed E-state index contributed by atoms with van der Waals surface area (Å²) >= 11 is 0. The lowest BCUT2D eigenvalue weighted by Gasteiger charge is -2.36. The molecule has 0 radical (unpaired) electrons. The number of sulfonamides is 1. The van der Waals surface area contributed by atoms with Crippen LogP contribution in [-0.2, 0) is 22.9 Å². The second-order valence-electron chi connectivity index (χ2n) is 7.65. The lowest BCUT2D eigenvalue weighted by Crippen LogP contribution is -2.47. The highest BCUT2D eigenvalue weighted by atomic mass is 32.2. The zero-order chi connectivity index (χ0) is 16.6. The maximum absolute atomic E-state index is 12.7. The van der Waals surface area contributed by atoms with Crippen molar-refractivity contribution in [2.45, 2.75) is 74.8 Å². The summed E-state index contributed by atoms with van der Waals surface area (Å²) in [6.07, 6.45) is 10.5. The third-order valence-corrected chi connectivity index (χ3v) is 7.59. The standard InChI is InChI=1S/C19H28N2O2S/c22-24(23,19-9-8-15-4-3-5-16(15)14-19)20-17-10-12-21(13-11-17)18-6-1-2-7-18/h8-9,14,17-18,20H,1-7,10-13H2. The van der Waals surface area contributed by atoms with Crippen molar-refractivity contribution in [2.75, 3.05) is 13.1 Å². The Hall–Kier alpha value is -0.910. The van der Waals surface area contributed by atoms with Crippen LogP contribution in [0.25, 0.3) is 0 Å². The second-order valence-corrected chi connectivity index (χ2v) is 9.37. The van der Waals surface area contributed by atoms with Gasteiger partial charge >= 0.3 is 0 Å². The number of likely N-dealkylation sites (tertiary alicyclic amines) is 1. The maximum Gasteiger partial charge on any atom is 0.240 e. The molecule has 1 saturated carbocycles. The van der Waals surface area contributed by atoms with Crippen LogP contribution in [0.5, 0.6) is 0 Å². The number of hydrogen-bond acceptors (Lipinski definition) is 3. The van der Waals surface area contributed by atoms with Crippen LogP contribution in [0.4, 0.5) is 0 Å². The van der Waals surface area contributed by atoms with Gasteiger partial charge in [0.05, 0.1) is 4.90 Å². The minimum absolute atomic E-state index is 0.0842. The summed E-state index contributed by atoms with van der Waals surface area (Å²) in [5, 5.41) is 0. The van der Waals surface area contributed by atoms with E-state index in [0.717, 1.165) is 51.2 Å². The van der Waals surface area contributed by atoms with Crippen molar-refractivity contribution in [1.29, 1.82) is 0 Å². The van der Waals surface area contributed by atoms with Crippen molar-refractivity contribution in [3.05, 3.63) is 29.3 Å². The Morgan fingerprint density at radius 2 is 1.62 bits per heavy atom. The number of benzene rings is 1. The smallest absolute Gasteiger partial charge is 0.240 e. The van der Waals surface area contributed by atoms with E-state index in [1.165, 1.54) is 36.8 Å². The lowest BCUT2D eigenvalue weighted by atomic mass is 10.0. The summed E-state index contributed by atoms with van der Waals surface area (Å²) in [5.41, 5.74) is 2.53. The summed E-state index contributed by atoms with van der Waals surface area (Å²) in [6, 6.07) is 6.50. The van der Waals surface area contributed by atoms with Gasteiger partial charge in [0.15, 0.2) is 0 Å². The van der Waals surface area contributed by atoms with Crippen LogP contribution in [0.15, 0.2) is 23.1 Å². The van der Waals surface area contributed by atoms with Gasteiger partial charge in [-0.2, -0.15) is 0 Å². The SMILES string of the molecule is O=S(=O)(NC1CCN(C2CCCC2)CC1)c1ccc2c(c1)CCC2. The first kappa shape index (κ1) is 16.6. The van der Waals surface area contributed by atoms with Crippen LogP contribution in [0.1, 0.15) is 56.1 Å². The molecule has 0 unspecified atom stereocenters. The fourth-order valence-corrected chi connectivity index (χ4v) is 6.01. The van der Waals surface area contributed by atoms with Crippen molar-refractivity contribution in [3.63, 3.8) is 0 Å². The molecular weight excluding hydrogens is 320 g/mol. The Morgan fingerprint density at radius 3 is 2.38 bits per heavy atom. The molecule has 0 atom stereocenters. The first-order chi connectivity index (χ1) is 11.6. The fourth-order valence-electron chi connectivity index (χ4n) is 4.65. The molecule has 2 aliphatic carbocycles. The number of hydrogen-bond donors (Lipinski definition) is 1. The molecule has 1 aliphatic heterocycles. The first-order valence-electron chi connectivity index (χ1n) is 9.50. The highest BCUT2D eigenvalue weighted by Crippen LogP contribution is 2.27. The van der Waals surface area contributed by atoms with Crippen LogP contribution >= 0.6 is 0 Å². The third kappa shape index (κ3) is 3.39. The van der Waals surface area contributed by atoms with E-state index in [4.69, 9.17) is 0 Å². The fraction of sp³-hybridized carbons (Fsp3) is 0.684. The molecule has 1 N–H and O–H groups in total. The molecule has 0 spiro atoms. The number of rotatable bonds is 4. The van der Waals surface area contributed by atoms with E-state index in [-0.39, 0.29) is 6.04 Å². The summed E-state index contributed by atoms with van der Waals surface area (Å²) in [4.78, 5) is 3.02. The minimum Gasteiger partial charge on any atom is -0.300 e. The first-order valence-corrected chi connectivity index (χ1v) is 11.0. The van der Waals surface area contributed by atoms with E-state index in [2.05, 4.69) is 9.62 Å². The molecule has 0 bridgehead atoms. The normalized spacial score (nSPS) is 23.7. The number of piperidine rings is 1. The van der Waals surface area contributed by atoms with Gasteiger partial charge in [0, 0.05) is 12.1 Å². The van der Waals surface area contributed by atoms with Gasteiger partial charge in [-0.3, -0.25) is 0 Å². The predicted molar refractivity (Wildman–Crippen MR) is 95.6 cm³/mol. The van der Waals surface area contributed by atoms with Crippen LogP contribution in [0, 0.1) is 0 Å². The Balaban J connectivity index is 1.38. The van der Waals surface area contributed by atoms with Gasteiger partial charge in [0.1, 0.15) is 0 Å². The Morgan fingerprint density at radius 1 is 0.917 bits per heavy atom. The summed E-state index contributed by atoms with van der Waals surface area (Å²) in [6.45, 7) is 2.06. The van der Waals surface area contributed by atoms with Crippen molar-refractivity contribution >= 4 is 10.0 Å². The predicted octanol–water partition coefficient (Wildman–Crippen LogP) is 2.86. The highest BCUT2D eigenvalue weighted by Gasteiger charge is 2.29. The minimum atomic E-state index is -3.39. The van der Waals surface area contributed by atoms with E-state index < -0.39 is 10.0 Å². The largest absolute Gasteiger partial charge is 0.300 e. The molecule has 5 heteroatoms. The van der Waals surface area contributed by atoms with E-state index in [0.29, 0.717) is 4.90 Å². The molecule has 0 aromatic heterocycles. The van der Waals surface area contributed by atoms with Crippen molar-refractivity contribution in [3.8, 4) is 0 Å². The monoisotopic (exact) mass is 348 g/mol. The topological polar surface area (TPSA) is 49.4 Å². The van der Waals surface area contributed by atoms with Crippen LogP contribution in [-0.4, -0.2) is 38.5 Å². The summed E-state index contributed by atoms with van der Waals surface area (Å²) < 4.78 is 28.4. The molecule has 4 rings (SSSR count). The maximum atomic E-state index is 12.7. The number of nitrogens with one attached hydrogen (secondary N) is 1. The van der Waals surface area contributed by atoms with E-state index in [9.17, 15) is 8.42 Å². The van der Waals surface area contributed by atoms with Crippen molar-refractivity contribution in [1.82, 2.24) is 9.62 Å². The third-order valence-electron chi connectivity index (χ3n) is 6.07. The molecule has 1 aromatic carbocycles. The summed E-state index contributed by atoms with van der Waals surface area (Å²) in [5.74, 6) is 0. The Kier molecular flexibility index (Phi) is 4.67. The zero-order valence-electron chi connectivity index (χ0n) is 14.3. The molecule has 3 aliphatic rings. The van der Waals surface area contributed by atoms with Crippen molar-refractivity contribution < 1.29 is 8.42 Å². The Labute approximate surface area is 145 Å². The second kappa shape index (κ2) is 6.77. The molecule has 1 aromatic rings. The zero-order valence-corrected chi connectivity index (χ0v) is 15.2. The Bertz CT molecular complexity index is 687. The van der Waals surface area contributed by atoms with Crippen LogP contribution in [0.3, 0.4) is 0 Å². The quantitative estimate of drug-likeness (QED) is 0.910. The molecule has 2 fully saturated rings. The van der Waals surface area contributed by atoms with E-state index >= 15 is 0 Å². The average molecular weight is 349 g/mol. The van der Waals surface area contributed by atoms with Gasteiger partial charge in [-0.15, -0.1) is 0 Å². The summed E-state index contributed by atoms with van der Waals surface area (Å²) in [7, 11) is -3.39. The van der Waals surface area contributed by atoms with Gasteiger partial charge in [-0.1, -0.05) is 18.9 Å². The molecule has 132 valence electrons. The number of aryl methyl sites for hydroxylation is 2. The molecule has 4 nitrogen and oxygen atoms in total. The van der Waals surface area contributed by atoms with E-state index in [1.807, 2.05) is 12.1 Å². The molecular formula is C19H28N2O2S.